The molecular formula is C13H24N2S. The van der Waals surface area contributed by atoms with E-state index >= 15 is 0 Å². The van der Waals surface area contributed by atoms with E-state index in [0.717, 1.165) is 6.54 Å². The normalized spacial score (nSPS) is 14.4. The SMILES string of the molecule is CCN(C)C(CN)c1ccc(C(C)(C)C)s1. The van der Waals surface area contributed by atoms with Gasteiger partial charge in [-0.1, -0.05) is 27.7 Å². The number of nitrogens with two attached hydrogens (primary N) is 1. The molecule has 1 aromatic rings. The number of hydrogen-bond donors (Lipinski definition) is 1. The van der Waals surface area contributed by atoms with Crippen LogP contribution in [0.1, 0.15) is 43.5 Å². The summed E-state index contributed by atoms with van der Waals surface area (Å²) in [5.41, 5.74) is 6.11. The van der Waals surface area contributed by atoms with Gasteiger partial charge in [-0.05, 0) is 31.1 Å². The van der Waals surface area contributed by atoms with Crippen molar-refractivity contribution in [2.24, 2.45) is 5.73 Å². The molecule has 0 radical (unpaired) electrons. The lowest BCUT2D eigenvalue weighted by atomic mass is 9.95. The van der Waals surface area contributed by atoms with Crippen molar-refractivity contribution in [1.82, 2.24) is 4.90 Å². The zero-order chi connectivity index (χ0) is 12.3. The first-order valence-electron chi connectivity index (χ1n) is 5.90. The maximum atomic E-state index is 5.86. The van der Waals surface area contributed by atoms with Gasteiger partial charge in [0, 0.05) is 16.3 Å². The molecule has 1 atom stereocenters. The molecule has 1 aromatic heterocycles. The molecule has 16 heavy (non-hydrogen) atoms. The molecule has 1 heterocycles. The lowest BCUT2D eigenvalue weighted by Crippen LogP contribution is -2.29. The summed E-state index contributed by atoms with van der Waals surface area (Å²) in [6.45, 7) is 10.6. The zero-order valence-electron chi connectivity index (χ0n) is 11.1. The predicted octanol–water partition coefficient (Wildman–Crippen LogP) is 3.00. The van der Waals surface area contributed by atoms with E-state index in [-0.39, 0.29) is 5.41 Å². The van der Waals surface area contributed by atoms with E-state index in [1.165, 1.54) is 9.75 Å². The van der Waals surface area contributed by atoms with Crippen LogP contribution in [-0.4, -0.2) is 25.0 Å². The molecule has 92 valence electrons. The molecule has 0 saturated carbocycles. The second-order valence-electron chi connectivity index (χ2n) is 5.28. The van der Waals surface area contributed by atoms with Crippen molar-refractivity contribution in [2.45, 2.75) is 39.2 Å². The monoisotopic (exact) mass is 240 g/mol. The van der Waals surface area contributed by atoms with E-state index < -0.39 is 0 Å². The minimum Gasteiger partial charge on any atom is -0.329 e. The van der Waals surface area contributed by atoms with Crippen LogP contribution in [0.15, 0.2) is 12.1 Å². The van der Waals surface area contributed by atoms with E-state index in [0.29, 0.717) is 12.6 Å². The molecule has 0 spiro atoms. The Morgan fingerprint density at radius 2 is 2.00 bits per heavy atom. The largest absolute Gasteiger partial charge is 0.329 e. The van der Waals surface area contributed by atoms with E-state index in [9.17, 15) is 0 Å². The van der Waals surface area contributed by atoms with Gasteiger partial charge in [-0.25, -0.2) is 0 Å². The fourth-order valence-corrected chi connectivity index (χ4v) is 2.91. The fraction of sp³-hybridized carbons (Fsp3) is 0.692. The summed E-state index contributed by atoms with van der Waals surface area (Å²) in [6, 6.07) is 4.84. The van der Waals surface area contributed by atoms with Gasteiger partial charge in [0.25, 0.3) is 0 Å². The molecule has 0 aliphatic carbocycles. The van der Waals surface area contributed by atoms with Gasteiger partial charge in [0.15, 0.2) is 0 Å². The summed E-state index contributed by atoms with van der Waals surface area (Å²) in [7, 11) is 2.13. The van der Waals surface area contributed by atoms with Gasteiger partial charge in [0.05, 0.1) is 6.04 Å². The van der Waals surface area contributed by atoms with Crippen LogP contribution < -0.4 is 5.73 Å². The second-order valence-corrected chi connectivity index (χ2v) is 6.39. The van der Waals surface area contributed by atoms with Crippen molar-refractivity contribution in [1.29, 1.82) is 0 Å². The van der Waals surface area contributed by atoms with Crippen LogP contribution in [0.4, 0.5) is 0 Å². The standard InChI is InChI=1S/C13H24N2S/c1-6-15(5)10(9-14)11-7-8-12(16-11)13(2,3)4/h7-8,10H,6,9,14H2,1-5H3. The van der Waals surface area contributed by atoms with Crippen LogP contribution in [0.3, 0.4) is 0 Å². The maximum absolute atomic E-state index is 5.86. The van der Waals surface area contributed by atoms with Crippen LogP contribution in [0.2, 0.25) is 0 Å². The number of nitrogens with zero attached hydrogens (tertiary/aromatic N) is 1. The molecule has 0 amide bonds. The Bertz CT molecular complexity index is 325. The summed E-state index contributed by atoms with van der Waals surface area (Å²) in [5.74, 6) is 0. The Morgan fingerprint density at radius 3 is 2.38 bits per heavy atom. The van der Waals surface area contributed by atoms with Crippen molar-refractivity contribution < 1.29 is 0 Å². The van der Waals surface area contributed by atoms with Crippen LogP contribution in [0.5, 0.6) is 0 Å². The van der Waals surface area contributed by atoms with Crippen molar-refractivity contribution in [2.75, 3.05) is 20.1 Å². The average molecular weight is 240 g/mol. The first-order valence-corrected chi connectivity index (χ1v) is 6.72. The molecule has 0 aliphatic heterocycles. The predicted molar refractivity (Wildman–Crippen MR) is 73.1 cm³/mol. The molecular weight excluding hydrogens is 216 g/mol. The Balaban J connectivity index is 2.91. The summed E-state index contributed by atoms with van der Waals surface area (Å²) >= 11 is 1.89. The van der Waals surface area contributed by atoms with Crippen LogP contribution in [0.25, 0.3) is 0 Å². The van der Waals surface area contributed by atoms with E-state index in [4.69, 9.17) is 5.73 Å². The Kier molecular flexibility index (Phi) is 4.53. The van der Waals surface area contributed by atoms with Gasteiger partial charge >= 0.3 is 0 Å². The minimum atomic E-state index is 0.243. The number of hydrogen-bond acceptors (Lipinski definition) is 3. The van der Waals surface area contributed by atoms with Crippen molar-refractivity contribution >= 4 is 11.3 Å². The second kappa shape index (κ2) is 5.30. The highest BCUT2D eigenvalue weighted by Crippen LogP contribution is 2.33. The van der Waals surface area contributed by atoms with Gasteiger partial charge in [-0.15, -0.1) is 11.3 Å². The van der Waals surface area contributed by atoms with E-state index in [1.54, 1.807) is 0 Å². The smallest absolute Gasteiger partial charge is 0.0561 e. The summed E-state index contributed by atoms with van der Waals surface area (Å²) in [4.78, 5) is 5.13. The molecule has 1 rings (SSSR count). The third-order valence-electron chi connectivity index (χ3n) is 2.95. The van der Waals surface area contributed by atoms with Gasteiger partial charge in [-0.2, -0.15) is 0 Å². The first-order chi connectivity index (χ1) is 7.40. The lowest BCUT2D eigenvalue weighted by Gasteiger charge is -2.24. The summed E-state index contributed by atoms with van der Waals surface area (Å²) in [5, 5.41) is 0. The van der Waals surface area contributed by atoms with Gasteiger partial charge in [0.2, 0.25) is 0 Å². The quantitative estimate of drug-likeness (QED) is 0.876. The molecule has 0 bridgehead atoms. The molecule has 0 aromatic carbocycles. The van der Waals surface area contributed by atoms with E-state index in [2.05, 4.69) is 51.8 Å². The molecule has 2 nitrogen and oxygen atoms in total. The highest BCUT2D eigenvalue weighted by atomic mass is 32.1. The molecule has 0 saturated heterocycles. The topological polar surface area (TPSA) is 29.3 Å². The average Bonchev–Trinajstić information content (AvgIpc) is 2.67. The van der Waals surface area contributed by atoms with Crippen LogP contribution in [-0.2, 0) is 5.41 Å². The lowest BCUT2D eigenvalue weighted by molar-refractivity contribution is 0.267. The molecule has 3 heteroatoms. The number of likely N-dealkylation sites (N-methyl/N-ethyl adjacent to an activating group) is 1. The zero-order valence-corrected chi connectivity index (χ0v) is 11.9. The van der Waals surface area contributed by atoms with Gasteiger partial charge in [0.1, 0.15) is 0 Å². The number of rotatable bonds is 4. The van der Waals surface area contributed by atoms with Crippen molar-refractivity contribution in [3.8, 4) is 0 Å². The fourth-order valence-electron chi connectivity index (χ4n) is 1.67. The first kappa shape index (κ1) is 13.7. The Labute approximate surface area is 103 Å². The molecule has 1 unspecified atom stereocenters. The van der Waals surface area contributed by atoms with Crippen LogP contribution >= 0.6 is 11.3 Å². The summed E-state index contributed by atoms with van der Waals surface area (Å²) < 4.78 is 0. The molecule has 0 fully saturated rings. The maximum Gasteiger partial charge on any atom is 0.0561 e. The highest BCUT2D eigenvalue weighted by molar-refractivity contribution is 7.12. The highest BCUT2D eigenvalue weighted by Gasteiger charge is 2.20. The van der Waals surface area contributed by atoms with Crippen LogP contribution in [0, 0.1) is 0 Å². The Morgan fingerprint density at radius 1 is 1.38 bits per heavy atom. The van der Waals surface area contributed by atoms with Gasteiger partial charge in [-0.3, -0.25) is 4.90 Å². The van der Waals surface area contributed by atoms with Crippen molar-refractivity contribution in [3.63, 3.8) is 0 Å². The minimum absolute atomic E-state index is 0.243. The summed E-state index contributed by atoms with van der Waals surface area (Å²) in [6.07, 6.45) is 0. The Hall–Kier alpha value is -0.380. The number of thiophene rings is 1. The van der Waals surface area contributed by atoms with Gasteiger partial charge < -0.3 is 5.73 Å². The third kappa shape index (κ3) is 3.06. The molecule has 2 N–H and O–H groups in total. The van der Waals surface area contributed by atoms with E-state index in [1.807, 2.05) is 11.3 Å². The molecule has 0 aliphatic rings. The van der Waals surface area contributed by atoms with Crippen molar-refractivity contribution in [3.05, 3.63) is 21.9 Å². The third-order valence-corrected chi connectivity index (χ3v) is 4.56.